The third kappa shape index (κ3) is 4.89. The highest BCUT2D eigenvalue weighted by Crippen LogP contribution is 2.18. The van der Waals surface area contributed by atoms with E-state index < -0.39 is 0 Å². The van der Waals surface area contributed by atoms with E-state index in [0.29, 0.717) is 10.7 Å². The van der Waals surface area contributed by atoms with E-state index in [9.17, 15) is 14.4 Å². The lowest BCUT2D eigenvalue weighted by Crippen LogP contribution is -2.36. The van der Waals surface area contributed by atoms with Crippen LogP contribution in [0, 0.1) is 0 Å². The molecule has 3 rings (SSSR count). The minimum Gasteiger partial charge on any atom is -0.353 e. The van der Waals surface area contributed by atoms with Crippen molar-refractivity contribution in [1.82, 2.24) is 24.9 Å². The highest BCUT2D eigenvalue weighted by molar-refractivity contribution is 6.30. The molecule has 2 aromatic heterocycles. The molecule has 0 unspecified atom stereocenters. The third-order valence-corrected chi connectivity index (χ3v) is 3.98. The monoisotopic (exact) mass is 385 g/mol. The molecule has 2 heterocycles. The summed E-state index contributed by atoms with van der Waals surface area (Å²) in [6.07, 6.45) is 1.50. The zero-order chi connectivity index (χ0) is 19.2. The first kappa shape index (κ1) is 18.5. The second-order valence-electron chi connectivity index (χ2n) is 5.66. The van der Waals surface area contributed by atoms with Gasteiger partial charge in [0, 0.05) is 35.5 Å². The van der Waals surface area contributed by atoms with Crippen molar-refractivity contribution in [2.45, 2.75) is 13.1 Å². The third-order valence-electron chi connectivity index (χ3n) is 3.73. The van der Waals surface area contributed by atoms with Crippen LogP contribution in [0.3, 0.4) is 0 Å². The molecule has 8 nitrogen and oxygen atoms in total. The van der Waals surface area contributed by atoms with Crippen molar-refractivity contribution in [3.05, 3.63) is 80.5 Å². The van der Waals surface area contributed by atoms with Crippen LogP contribution in [0.5, 0.6) is 0 Å². The molecule has 1 aromatic carbocycles. The van der Waals surface area contributed by atoms with Gasteiger partial charge in [-0.05, 0) is 24.3 Å². The quantitative estimate of drug-likeness (QED) is 0.680. The van der Waals surface area contributed by atoms with Crippen LogP contribution in [-0.4, -0.2) is 32.0 Å². The lowest BCUT2D eigenvalue weighted by atomic mass is 10.1. The van der Waals surface area contributed by atoms with E-state index in [4.69, 9.17) is 11.6 Å². The number of amides is 1. The summed E-state index contributed by atoms with van der Waals surface area (Å²) in [6, 6.07) is 12.9. The lowest BCUT2D eigenvalue weighted by Gasteiger charge is -2.09. The second-order valence-corrected chi connectivity index (χ2v) is 6.09. The maximum Gasteiger partial charge on any atom is 0.267 e. The Hall–Kier alpha value is -3.26. The van der Waals surface area contributed by atoms with Gasteiger partial charge < -0.3 is 5.32 Å². The molecule has 1 amide bonds. The normalized spacial score (nSPS) is 10.6. The van der Waals surface area contributed by atoms with Gasteiger partial charge in [0.05, 0.1) is 12.2 Å². The second kappa shape index (κ2) is 8.41. The van der Waals surface area contributed by atoms with Crippen molar-refractivity contribution in [3.63, 3.8) is 0 Å². The topological polar surface area (TPSA) is 98.9 Å². The zero-order valence-electron chi connectivity index (χ0n) is 14.2. The number of nitrogens with one attached hydrogen (secondary N) is 1. The molecule has 0 aliphatic rings. The lowest BCUT2D eigenvalue weighted by molar-refractivity contribution is -0.121. The van der Waals surface area contributed by atoms with E-state index in [1.807, 2.05) is 0 Å². The van der Waals surface area contributed by atoms with Gasteiger partial charge in [-0.2, -0.15) is 10.2 Å². The zero-order valence-corrected chi connectivity index (χ0v) is 15.0. The fraction of sp³-hybridized carbons (Fsp3) is 0.167. The molecule has 0 atom stereocenters. The number of hydrogen-bond acceptors (Lipinski definition) is 5. The Morgan fingerprint density at radius 1 is 1.00 bits per heavy atom. The summed E-state index contributed by atoms with van der Waals surface area (Å²) in [4.78, 5) is 35.6. The van der Waals surface area contributed by atoms with E-state index in [1.165, 1.54) is 23.0 Å². The van der Waals surface area contributed by atoms with Gasteiger partial charge in [0.1, 0.15) is 6.54 Å². The first-order valence-electron chi connectivity index (χ1n) is 8.16. The Balaban J connectivity index is 1.64. The predicted octanol–water partition coefficient (Wildman–Crippen LogP) is 0.937. The van der Waals surface area contributed by atoms with E-state index in [-0.39, 0.29) is 36.7 Å². The van der Waals surface area contributed by atoms with Crippen LogP contribution < -0.4 is 16.4 Å². The van der Waals surface area contributed by atoms with Gasteiger partial charge in [-0.3, -0.25) is 14.4 Å². The van der Waals surface area contributed by atoms with Crippen LogP contribution in [0.1, 0.15) is 0 Å². The van der Waals surface area contributed by atoms with Gasteiger partial charge in [-0.15, -0.1) is 0 Å². The van der Waals surface area contributed by atoms with Gasteiger partial charge in [0.25, 0.3) is 11.1 Å². The number of rotatable bonds is 6. The summed E-state index contributed by atoms with van der Waals surface area (Å²) < 4.78 is 2.33. The van der Waals surface area contributed by atoms with Gasteiger partial charge in [-0.1, -0.05) is 23.7 Å². The van der Waals surface area contributed by atoms with E-state index in [1.54, 1.807) is 36.4 Å². The van der Waals surface area contributed by atoms with E-state index in [0.717, 1.165) is 10.2 Å². The average Bonchev–Trinajstić information content (AvgIpc) is 2.66. The van der Waals surface area contributed by atoms with Crippen LogP contribution in [0.2, 0.25) is 5.02 Å². The molecule has 9 heteroatoms. The highest BCUT2D eigenvalue weighted by Gasteiger charge is 2.08. The fourth-order valence-corrected chi connectivity index (χ4v) is 2.51. The molecule has 0 fully saturated rings. The summed E-state index contributed by atoms with van der Waals surface area (Å²) >= 11 is 5.87. The molecule has 1 N–H and O–H groups in total. The smallest absolute Gasteiger partial charge is 0.267 e. The first-order chi connectivity index (χ1) is 13.0. The molecule has 0 aliphatic carbocycles. The molecule has 0 saturated carbocycles. The molecule has 0 saturated heterocycles. The maximum atomic E-state index is 12.1. The van der Waals surface area contributed by atoms with Crippen LogP contribution >= 0.6 is 11.6 Å². The summed E-state index contributed by atoms with van der Waals surface area (Å²) in [5, 5.41) is 11.4. The Kier molecular flexibility index (Phi) is 5.77. The minimum absolute atomic E-state index is 0.210. The Morgan fingerprint density at radius 3 is 2.48 bits per heavy atom. The standard InChI is InChI=1S/C18H16ClN5O3/c19-14-5-3-13(4-6-14)15-7-8-18(27)24(22-15)12-16(25)20-10-11-23-17(26)2-1-9-21-23/h1-9H,10-12H2,(H,20,25). The number of aromatic nitrogens is 4. The van der Waals surface area contributed by atoms with Gasteiger partial charge >= 0.3 is 0 Å². The molecular weight excluding hydrogens is 370 g/mol. The van der Waals surface area contributed by atoms with Crippen LogP contribution in [0.25, 0.3) is 11.3 Å². The Morgan fingerprint density at radius 2 is 1.74 bits per heavy atom. The molecular formula is C18H16ClN5O3. The van der Waals surface area contributed by atoms with E-state index in [2.05, 4.69) is 15.5 Å². The number of carbonyl (C=O) groups is 1. The van der Waals surface area contributed by atoms with Crippen molar-refractivity contribution in [2.75, 3.05) is 6.54 Å². The van der Waals surface area contributed by atoms with Crippen molar-refractivity contribution in [2.24, 2.45) is 0 Å². The van der Waals surface area contributed by atoms with Crippen LogP contribution in [0.15, 0.2) is 64.3 Å². The van der Waals surface area contributed by atoms with Gasteiger partial charge in [0.2, 0.25) is 5.91 Å². The Labute approximate surface area is 159 Å². The minimum atomic E-state index is -0.387. The number of carbonyl (C=O) groups excluding carboxylic acids is 1. The number of hydrogen-bond donors (Lipinski definition) is 1. The van der Waals surface area contributed by atoms with E-state index >= 15 is 0 Å². The molecule has 3 aromatic rings. The fourth-order valence-electron chi connectivity index (χ4n) is 2.39. The Bertz CT molecular complexity index is 1060. The summed E-state index contributed by atoms with van der Waals surface area (Å²) in [5.41, 5.74) is 0.700. The van der Waals surface area contributed by atoms with Crippen LogP contribution in [0.4, 0.5) is 0 Å². The number of benzene rings is 1. The SMILES string of the molecule is O=C(Cn1nc(-c2ccc(Cl)cc2)ccc1=O)NCCn1ncccc1=O. The van der Waals surface area contributed by atoms with Crippen molar-refractivity contribution in [1.29, 1.82) is 0 Å². The molecule has 0 bridgehead atoms. The molecule has 0 aliphatic heterocycles. The van der Waals surface area contributed by atoms with Crippen LogP contribution in [-0.2, 0) is 17.9 Å². The van der Waals surface area contributed by atoms with Gasteiger partial charge in [-0.25, -0.2) is 9.36 Å². The predicted molar refractivity (Wildman–Crippen MR) is 100 cm³/mol. The largest absolute Gasteiger partial charge is 0.353 e. The average molecular weight is 386 g/mol. The first-order valence-corrected chi connectivity index (χ1v) is 8.54. The summed E-state index contributed by atoms with van der Waals surface area (Å²) in [6.45, 7) is 0.220. The molecule has 0 radical (unpaired) electrons. The van der Waals surface area contributed by atoms with Crippen molar-refractivity contribution in [3.8, 4) is 11.3 Å². The molecule has 27 heavy (non-hydrogen) atoms. The summed E-state index contributed by atoms with van der Waals surface area (Å²) in [7, 11) is 0. The molecule has 0 spiro atoms. The number of halogens is 1. The molecule has 138 valence electrons. The van der Waals surface area contributed by atoms with Crippen molar-refractivity contribution >= 4 is 17.5 Å². The summed E-state index contributed by atoms with van der Waals surface area (Å²) in [5.74, 6) is -0.387. The van der Waals surface area contributed by atoms with Gasteiger partial charge in [0.15, 0.2) is 0 Å². The highest BCUT2D eigenvalue weighted by atomic mass is 35.5. The maximum absolute atomic E-state index is 12.1. The van der Waals surface area contributed by atoms with Crippen molar-refractivity contribution < 1.29 is 4.79 Å². The number of nitrogens with zero attached hydrogens (tertiary/aromatic N) is 4.